The van der Waals surface area contributed by atoms with Crippen LogP contribution >= 0.6 is 0 Å². The number of amides is 1. The molecule has 0 atom stereocenters. The zero-order chi connectivity index (χ0) is 19.8. The first-order chi connectivity index (χ1) is 12.7. The standard InChI is InChI=1S/C21H27NO5/c1-12(2)10-22-17(23)11-25-16-9-15-14(6-7-21(4,5)27-15)20-19(16)13(3)8-18(24)26-20/h8-9,12H,6-7,10-11H2,1-5H3,(H,22,23). The fraction of sp³-hybridized carbons (Fsp3) is 0.524. The summed E-state index contributed by atoms with van der Waals surface area (Å²) in [6.45, 7) is 10.4. The molecule has 0 saturated heterocycles. The van der Waals surface area contributed by atoms with Crippen LogP contribution in [-0.4, -0.2) is 24.7 Å². The van der Waals surface area contributed by atoms with Gasteiger partial charge >= 0.3 is 5.63 Å². The van der Waals surface area contributed by atoms with Gasteiger partial charge in [0.15, 0.2) is 6.61 Å². The van der Waals surface area contributed by atoms with Crippen molar-refractivity contribution >= 4 is 16.9 Å². The van der Waals surface area contributed by atoms with Crippen LogP contribution in [-0.2, 0) is 11.2 Å². The fourth-order valence-electron chi connectivity index (χ4n) is 3.25. The van der Waals surface area contributed by atoms with Crippen LogP contribution in [0.25, 0.3) is 11.0 Å². The van der Waals surface area contributed by atoms with Gasteiger partial charge in [0.25, 0.3) is 5.91 Å². The summed E-state index contributed by atoms with van der Waals surface area (Å²) in [6.07, 6.45) is 1.57. The van der Waals surface area contributed by atoms with Crippen molar-refractivity contribution in [3.63, 3.8) is 0 Å². The molecular weight excluding hydrogens is 346 g/mol. The Morgan fingerprint density at radius 2 is 2.07 bits per heavy atom. The van der Waals surface area contributed by atoms with Crippen LogP contribution in [0.5, 0.6) is 11.5 Å². The summed E-state index contributed by atoms with van der Waals surface area (Å²) in [6, 6.07) is 3.25. The molecule has 0 unspecified atom stereocenters. The van der Waals surface area contributed by atoms with Crippen molar-refractivity contribution in [3.8, 4) is 11.5 Å². The number of carbonyl (C=O) groups excluding carboxylic acids is 1. The number of nitrogens with one attached hydrogen (secondary N) is 1. The number of ether oxygens (including phenoxy) is 2. The van der Waals surface area contributed by atoms with E-state index in [2.05, 4.69) is 5.32 Å². The summed E-state index contributed by atoms with van der Waals surface area (Å²) in [5.74, 6) is 1.31. The third kappa shape index (κ3) is 4.26. The van der Waals surface area contributed by atoms with Gasteiger partial charge in [0.05, 0.1) is 5.39 Å². The predicted molar refractivity (Wildman–Crippen MR) is 104 cm³/mol. The van der Waals surface area contributed by atoms with Gasteiger partial charge in [-0.05, 0) is 45.1 Å². The number of carbonyl (C=O) groups is 1. The van der Waals surface area contributed by atoms with Crippen molar-refractivity contribution in [2.24, 2.45) is 5.92 Å². The smallest absolute Gasteiger partial charge is 0.336 e. The minimum absolute atomic E-state index is 0.109. The van der Waals surface area contributed by atoms with Crippen LogP contribution in [0.3, 0.4) is 0 Å². The third-order valence-electron chi connectivity index (χ3n) is 4.67. The molecule has 1 aromatic carbocycles. The Hall–Kier alpha value is -2.50. The molecule has 0 saturated carbocycles. The maximum atomic E-state index is 12.0. The molecule has 1 aliphatic rings. The average molecular weight is 373 g/mol. The minimum atomic E-state index is -0.404. The van der Waals surface area contributed by atoms with Gasteiger partial charge in [-0.2, -0.15) is 0 Å². The van der Waals surface area contributed by atoms with Crippen LogP contribution in [0, 0.1) is 12.8 Å². The minimum Gasteiger partial charge on any atom is -0.487 e. The molecule has 3 rings (SSSR count). The molecule has 0 aliphatic carbocycles. The second kappa shape index (κ2) is 7.25. The lowest BCUT2D eigenvalue weighted by Gasteiger charge is -2.33. The van der Waals surface area contributed by atoms with Gasteiger partial charge in [-0.1, -0.05) is 13.8 Å². The predicted octanol–water partition coefficient (Wildman–Crippen LogP) is 3.36. The van der Waals surface area contributed by atoms with Gasteiger partial charge in [0, 0.05) is 24.2 Å². The second-order valence-corrected chi connectivity index (χ2v) is 8.15. The normalized spacial score (nSPS) is 15.3. The van der Waals surface area contributed by atoms with E-state index in [0.29, 0.717) is 34.9 Å². The molecule has 1 N–H and O–H groups in total. The van der Waals surface area contributed by atoms with E-state index < -0.39 is 5.63 Å². The molecular formula is C21H27NO5. The quantitative estimate of drug-likeness (QED) is 0.813. The van der Waals surface area contributed by atoms with Crippen LogP contribution in [0.2, 0.25) is 0 Å². The average Bonchev–Trinajstić information content (AvgIpc) is 2.56. The Morgan fingerprint density at radius 1 is 1.33 bits per heavy atom. The van der Waals surface area contributed by atoms with Crippen LogP contribution in [0.15, 0.2) is 21.3 Å². The van der Waals surface area contributed by atoms with Gasteiger partial charge in [-0.15, -0.1) is 0 Å². The van der Waals surface area contributed by atoms with Crippen molar-refractivity contribution in [1.82, 2.24) is 5.32 Å². The Labute approximate surface area is 158 Å². The van der Waals surface area contributed by atoms with E-state index in [1.54, 1.807) is 6.07 Å². The highest BCUT2D eigenvalue weighted by Gasteiger charge is 2.30. The highest BCUT2D eigenvalue weighted by Crippen LogP contribution is 2.42. The summed E-state index contributed by atoms with van der Waals surface area (Å²) in [4.78, 5) is 24.0. The molecule has 146 valence electrons. The number of hydrogen-bond donors (Lipinski definition) is 1. The summed E-state index contributed by atoms with van der Waals surface area (Å²) in [5, 5.41) is 3.55. The van der Waals surface area contributed by atoms with Crippen molar-refractivity contribution in [1.29, 1.82) is 0 Å². The first-order valence-electron chi connectivity index (χ1n) is 9.35. The van der Waals surface area contributed by atoms with Gasteiger partial charge in [0.2, 0.25) is 0 Å². The molecule has 6 nitrogen and oxygen atoms in total. The van der Waals surface area contributed by atoms with E-state index in [1.807, 2.05) is 34.6 Å². The molecule has 27 heavy (non-hydrogen) atoms. The van der Waals surface area contributed by atoms with Crippen molar-refractivity contribution in [3.05, 3.63) is 33.7 Å². The van der Waals surface area contributed by atoms with Gasteiger partial charge in [-0.25, -0.2) is 4.79 Å². The molecule has 1 amide bonds. The molecule has 1 aromatic heterocycles. The second-order valence-electron chi connectivity index (χ2n) is 8.15. The van der Waals surface area contributed by atoms with Gasteiger partial charge in [0.1, 0.15) is 22.7 Å². The van der Waals surface area contributed by atoms with Crippen molar-refractivity contribution in [2.75, 3.05) is 13.2 Å². The first-order valence-corrected chi connectivity index (χ1v) is 9.35. The maximum Gasteiger partial charge on any atom is 0.336 e. The fourth-order valence-corrected chi connectivity index (χ4v) is 3.25. The van der Waals surface area contributed by atoms with E-state index in [-0.39, 0.29) is 18.1 Å². The maximum absolute atomic E-state index is 12.0. The number of fused-ring (bicyclic) bond motifs is 3. The SMILES string of the molecule is Cc1cc(=O)oc2c3c(cc(OCC(=O)NCC(C)C)c12)OC(C)(C)CC3. The molecule has 0 fully saturated rings. The van der Waals surface area contributed by atoms with Gasteiger partial charge < -0.3 is 19.2 Å². The molecule has 2 aromatic rings. The number of rotatable bonds is 5. The highest BCUT2D eigenvalue weighted by atomic mass is 16.5. The van der Waals surface area contributed by atoms with E-state index >= 15 is 0 Å². The summed E-state index contributed by atoms with van der Waals surface area (Å²) in [7, 11) is 0. The topological polar surface area (TPSA) is 77.8 Å². The molecule has 0 spiro atoms. The number of benzene rings is 1. The number of hydrogen-bond acceptors (Lipinski definition) is 5. The van der Waals surface area contributed by atoms with E-state index in [9.17, 15) is 9.59 Å². The molecule has 2 heterocycles. The lowest BCUT2D eigenvalue weighted by molar-refractivity contribution is -0.123. The zero-order valence-electron chi connectivity index (χ0n) is 16.6. The Kier molecular flexibility index (Phi) is 5.18. The monoisotopic (exact) mass is 373 g/mol. The van der Waals surface area contributed by atoms with Crippen LogP contribution in [0.4, 0.5) is 0 Å². The van der Waals surface area contributed by atoms with Crippen molar-refractivity contribution in [2.45, 2.75) is 53.1 Å². The van der Waals surface area contributed by atoms with Crippen LogP contribution < -0.4 is 20.4 Å². The summed E-state index contributed by atoms with van der Waals surface area (Å²) >= 11 is 0. The molecule has 0 bridgehead atoms. The molecule has 6 heteroatoms. The molecule has 1 aliphatic heterocycles. The summed E-state index contributed by atoms with van der Waals surface area (Å²) in [5.41, 5.74) is 1.41. The van der Waals surface area contributed by atoms with Crippen molar-refractivity contribution < 1.29 is 18.7 Å². The van der Waals surface area contributed by atoms with Crippen LogP contribution in [0.1, 0.15) is 45.2 Å². The lowest BCUT2D eigenvalue weighted by Crippen LogP contribution is -2.33. The summed E-state index contributed by atoms with van der Waals surface area (Å²) < 4.78 is 17.4. The van der Waals surface area contributed by atoms with Gasteiger partial charge in [-0.3, -0.25) is 4.79 Å². The Morgan fingerprint density at radius 3 is 2.78 bits per heavy atom. The largest absolute Gasteiger partial charge is 0.487 e. The first kappa shape index (κ1) is 19.3. The van der Waals surface area contributed by atoms with E-state index in [1.165, 1.54) is 6.07 Å². The van der Waals surface area contributed by atoms with E-state index in [0.717, 1.165) is 24.0 Å². The number of aryl methyl sites for hydroxylation is 2. The highest BCUT2D eigenvalue weighted by molar-refractivity contribution is 5.91. The molecule has 0 radical (unpaired) electrons. The van der Waals surface area contributed by atoms with E-state index in [4.69, 9.17) is 13.9 Å². The third-order valence-corrected chi connectivity index (χ3v) is 4.67. The lowest BCUT2D eigenvalue weighted by atomic mass is 9.92. The zero-order valence-corrected chi connectivity index (χ0v) is 16.6. The Balaban J connectivity index is 1.99. The Bertz CT molecular complexity index is 926.